The molecule has 0 aliphatic carbocycles. The lowest BCUT2D eigenvalue weighted by Crippen LogP contribution is -2.45. The molecule has 1 aromatic rings. The number of hydrogen-bond acceptors (Lipinski definition) is 2. The van der Waals surface area contributed by atoms with E-state index in [-0.39, 0.29) is 23.9 Å². The van der Waals surface area contributed by atoms with E-state index >= 15 is 0 Å². The van der Waals surface area contributed by atoms with Crippen molar-refractivity contribution in [1.29, 1.82) is 0 Å². The number of rotatable bonds is 3. The van der Waals surface area contributed by atoms with E-state index < -0.39 is 0 Å². The molecule has 0 heterocycles. The summed E-state index contributed by atoms with van der Waals surface area (Å²) in [5.41, 5.74) is 1.29. The summed E-state index contributed by atoms with van der Waals surface area (Å²) in [7, 11) is 0. The van der Waals surface area contributed by atoms with Crippen LogP contribution in [0.2, 0.25) is 0 Å². The van der Waals surface area contributed by atoms with Crippen LogP contribution in [0.15, 0.2) is 22.7 Å². The minimum Gasteiger partial charge on any atom is -0.350 e. The van der Waals surface area contributed by atoms with Gasteiger partial charge in [0.25, 0.3) is 5.91 Å². The van der Waals surface area contributed by atoms with Crippen molar-refractivity contribution in [2.75, 3.05) is 6.54 Å². The Morgan fingerprint density at radius 2 is 1.89 bits per heavy atom. The van der Waals surface area contributed by atoms with Crippen LogP contribution in [0.25, 0.3) is 0 Å². The third-order valence-electron chi connectivity index (χ3n) is 2.29. The van der Waals surface area contributed by atoms with Crippen LogP contribution in [0.4, 0.5) is 0 Å². The maximum Gasteiger partial charge on any atom is 0.252 e. The highest BCUT2D eigenvalue weighted by atomic mass is 79.9. The summed E-state index contributed by atoms with van der Waals surface area (Å²) in [6, 6.07) is 5.45. The number of benzene rings is 1. The van der Waals surface area contributed by atoms with Gasteiger partial charge in [-0.1, -0.05) is 6.07 Å². The first-order valence-corrected chi connectivity index (χ1v) is 6.84. The lowest BCUT2D eigenvalue weighted by molar-refractivity contribution is -0.121. The fourth-order valence-corrected chi connectivity index (χ4v) is 2.20. The quantitative estimate of drug-likeness (QED) is 0.896. The van der Waals surface area contributed by atoms with Gasteiger partial charge >= 0.3 is 0 Å². The highest BCUT2D eigenvalue weighted by Gasteiger charge is 2.15. The zero-order valence-electron chi connectivity index (χ0n) is 11.6. The molecule has 2 amide bonds. The largest absolute Gasteiger partial charge is 0.350 e. The molecule has 0 fully saturated rings. The van der Waals surface area contributed by atoms with Crippen molar-refractivity contribution >= 4 is 27.7 Å². The molecular weight excluding hydrogens is 308 g/mol. The van der Waals surface area contributed by atoms with Crippen molar-refractivity contribution in [1.82, 2.24) is 10.6 Å². The average molecular weight is 327 g/mol. The molecule has 1 rings (SSSR count). The molecule has 0 bridgehead atoms. The summed E-state index contributed by atoms with van der Waals surface area (Å²) in [4.78, 5) is 23.5. The maximum absolute atomic E-state index is 11.9. The molecular formula is C14H19BrN2O2. The Labute approximate surface area is 122 Å². The van der Waals surface area contributed by atoms with Crippen molar-refractivity contribution < 1.29 is 9.59 Å². The highest BCUT2D eigenvalue weighted by molar-refractivity contribution is 9.10. The topological polar surface area (TPSA) is 58.2 Å². The first-order valence-electron chi connectivity index (χ1n) is 6.04. The van der Waals surface area contributed by atoms with Crippen LogP contribution in [-0.4, -0.2) is 23.9 Å². The number of amides is 2. The van der Waals surface area contributed by atoms with Gasteiger partial charge in [0, 0.05) is 10.0 Å². The van der Waals surface area contributed by atoms with Gasteiger partial charge in [-0.25, -0.2) is 0 Å². The third-order valence-corrected chi connectivity index (χ3v) is 2.95. The van der Waals surface area contributed by atoms with E-state index in [4.69, 9.17) is 0 Å². The Morgan fingerprint density at radius 1 is 1.26 bits per heavy atom. The van der Waals surface area contributed by atoms with Gasteiger partial charge in [-0.05, 0) is 61.3 Å². The molecule has 4 nitrogen and oxygen atoms in total. The van der Waals surface area contributed by atoms with Gasteiger partial charge in [0.1, 0.15) is 0 Å². The summed E-state index contributed by atoms with van der Waals surface area (Å²) in [5.74, 6) is -0.472. The fraction of sp³-hybridized carbons (Fsp3) is 0.429. The molecule has 0 aliphatic heterocycles. The zero-order valence-corrected chi connectivity index (χ0v) is 13.2. The van der Waals surface area contributed by atoms with Crippen molar-refractivity contribution in [2.45, 2.75) is 33.2 Å². The standard InChI is InChI=1S/C14H19BrN2O2/c1-9-5-6-10(11(15)7-9)13(19)16-8-12(18)17-14(2,3)4/h5-7H,8H2,1-4H3,(H,16,19)(H,17,18). The van der Waals surface area contributed by atoms with E-state index in [9.17, 15) is 9.59 Å². The van der Waals surface area contributed by atoms with E-state index in [2.05, 4.69) is 26.6 Å². The second-order valence-corrected chi connectivity index (χ2v) is 6.32. The second kappa shape index (κ2) is 6.19. The van der Waals surface area contributed by atoms with Crippen LogP contribution in [-0.2, 0) is 4.79 Å². The van der Waals surface area contributed by atoms with Gasteiger partial charge in [0.2, 0.25) is 5.91 Å². The normalized spacial score (nSPS) is 11.0. The number of hydrogen-bond donors (Lipinski definition) is 2. The number of carbonyl (C=O) groups excluding carboxylic acids is 2. The Bertz CT molecular complexity index is 493. The molecule has 0 aromatic heterocycles. The van der Waals surface area contributed by atoms with E-state index in [1.165, 1.54) is 0 Å². The minimum absolute atomic E-state index is 0.0313. The van der Waals surface area contributed by atoms with Crippen molar-refractivity contribution in [2.24, 2.45) is 0 Å². The number of aryl methyl sites for hydroxylation is 1. The Kier molecular flexibility index (Phi) is 5.11. The van der Waals surface area contributed by atoms with Crippen LogP contribution in [0.5, 0.6) is 0 Å². The first-order chi connectivity index (χ1) is 8.69. The van der Waals surface area contributed by atoms with Crippen LogP contribution < -0.4 is 10.6 Å². The van der Waals surface area contributed by atoms with Gasteiger partial charge in [0.05, 0.1) is 12.1 Å². The smallest absolute Gasteiger partial charge is 0.252 e. The molecule has 0 unspecified atom stereocenters. The molecule has 19 heavy (non-hydrogen) atoms. The average Bonchev–Trinajstić information content (AvgIpc) is 2.23. The summed E-state index contributed by atoms with van der Waals surface area (Å²) in [6.07, 6.45) is 0. The summed E-state index contributed by atoms with van der Waals surface area (Å²) in [6.45, 7) is 7.59. The second-order valence-electron chi connectivity index (χ2n) is 5.46. The molecule has 0 saturated carbocycles. The molecule has 0 aliphatic rings. The molecule has 0 spiro atoms. The Morgan fingerprint density at radius 3 is 2.42 bits per heavy atom. The molecule has 0 radical (unpaired) electrons. The zero-order chi connectivity index (χ0) is 14.6. The Hall–Kier alpha value is -1.36. The molecule has 104 valence electrons. The van der Waals surface area contributed by atoms with Gasteiger partial charge in [-0.15, -0.1) is 0 Å². The highest BCUT2D eigenvalue weighted by Crippen LogP contribution is 2.18. The molecule has 2 N–H and O–H groups in total. The number of halogens is 1. The maximum atomic E-state index is 11.9. The van der Waals surface area contributed by atoms with Gasteiger partial charge in [-0.2, -0.15) is 0 Å². The lowest BCUT2D eigenvalue weighted by Gasteiger charge is -2.20. The van der Waals surface area contributed by atoms with Crippen molar-refractivity contribution in [3.8, 4) is 0 Å². The van der Waals surface area contributed by atoms with Crippen molar-refractivity contribution in [3.05, 3.63) is 33.8 Å². The van der Waals surface area contributed by atoms with Gasteiger partial charge in [0.15, 0.2) is 0 Å². The molecule has 0 atom stereocenters. The van der Waals surface area contributed by atoms with Crippen LogP contribution >= 0.6 is 15.9 Å². The van der Waals surface area contributed by atoms with E-state index in [1.54, 1.807) is 6.07 Å². The summed E-state index contributed by atoms with van der Waals surface area (Å²) >= 11 is 3.34. The molecule has 1 aromatic carbocycles. The number of nitrogens with one attached hydrogen (secondary N) is 2. The lowest BCUT2D eigenvalue weighted by atomic mass is 10.1. The fourth-order valence-electron chi connectivity index (χ4n) is 1.52. The Balaban J connectivity index is 2.59. The van der Waals surface area contributed by atoms with E-state index in [1.807, 2.05) is 39.8 Å². The van der Waals surface area contributed by atoms with Crippen LogP contribution in [0, 0.1) is 6.92 Å². The van der Waals surface area contributed by atoms with Crippen LogP contribution in [0.3, 0.4) is 0 Å². The van der Waals surface area contributed by atoms with Crippen molar-refractivity contribution in [3.63, 3.8) is 0 Å². The predicted octanol–water partition coefficient (Wildman–Crippen LogP) is 2.40. The van der Waals surface area contributed by atoms with Gasteiger partial charge in [-0.3, -0.25) is 9.59 Å². The first kappa shape index (κ1) is 15.7. The van der Waals surface area contributed by atoms with E-state index in [0.717, 1.165) is 10.0 Å². The van der Waals surface area contributed by atoms with E-state index in [0.29, 0.717) is 5.56 Å². The molecule has 0 saturated heterocycles. The number of carbonyl (C=O) groups is 2. The summed E-state index contributed by atoms with van der Waals surface area (Å²) < 4.78 is 0.723. The van der Waals surface area contributed by atoms with Gasteiger partial charge < -0.3 is 10.6 Å². The minimum atomic E-state index is -0.299. The monoisotopic (exact) mass is 326 g/mol. The predicted molar refractivity (Wildman–Crippen MR) is 79.1 cm³/mol. The molecule has 5 heteroatoms. The van der Waals surface area contributed by atoms with Crippen LogP contribution in [0.1, 0.15) is 36.7 Å². The third kappa shape index (κ3) is 5.42. The summed E-state index contributed by atoms with van der Waals surface area (Å²) in [5, 5.41) is 5.38. The SMILES string of the molecule is Cc1ccc(C(=O)NCC(=O)NC(C)(C)C)c(Br)c1.